The Labute approximate surface area is 180 Å². The van der Waals surface area contributed by atoms with Crippen LogP contribution < -0.4 is 0 Å². The Morgan fingerprint density at radius 3 is 2.93 bits per heavy atom. The highest BCUT2D eigenvalue weighted by molar-refractivity contribution is 7.80. The lowest BCUT2D eigenvalue weighted by Gasteiger charge is -2.11. The second kappa shape index (κ2) is 7.55. The van der Waals surface area contributed by atoms with Gasteiger partial charge >= 0.3 is 0 Å². The lowest BCUT2D eigenvalue weighted by molar-refractivity contribution is 0.380. The van der Waals surface area contributed by atoms with Gasteiger partial charge in [0.15, 0.2) is 11.6 Å². The van der Waals surface area contributed by atoms with Crippen molar-refractivity contribution in [2.24, 2.45) is 5.92 Å². The Bertz CT molecular complexity index is 1160. The van der Waals surface area contributed by atoms with E-state index in [2.05, 4.69) is 37.5 Å². The van der Waals surface area contributed by atoms with Crippen molar-refractivity contribution in [3.63, 3.8) is 0 Å². The van der Waals surface area contributed by atoms with Gasteiger partial charge in [-0.25, -0.2) is 4.39 Å². The van der Waals surface area contributed by atoms with Crippen molar-refractivity contribution in [1.82, 2.24) is 24.9 Å². The van der Waals surface area contributed by atoms with Crippen LogP contribution in [0.5, 0.6) is 0 Å². The quantitative estimate of drug-likeness (QED) is 0.407. The van der Waals surface area contributed by atoms with Crippen LogP contribution in [0.25, 0.3) is 22.1 Å². The van der Waals surface area contributed by atoms with Gasteiger partial charge < -0.3 is 9.09 Å². The maximum absolute atomic E-state index is 14.1. The number of aromatic nitrogens is 5. The molecule has 10 heteroatoms. The van der Waals surface area contributed by atoms with Crippen LogP contribution in [-0.2, 0) is 6.54 Å². The molecule has 29 heavy (non-hydrogen) atoms. The average Bonchev–Trinajstić information content (AvgIpc) is 3.13. The van der Waals surface area contributed by atoms with Crippen molar-refractivity contribution >= 4 is 35.6 Å². The van der Waals surface area contributed by atoms with E-state index in [9.17, 15) is 4.39 Å². The number of benzene rings is 1. The van der Waals surface area contributed by atoms with Gasteiger partial charge in [0.25, 0.3) is 0 Å². The summed E-state index contributed by atoms with van der Waals surface area (Å²) in [4.78, 5) is 5.37. The molecule has 0 saturated heterocycles. The fourth-order valence-electron chi connectivity index (χ4n) is 3.08. The number of halogens is 2. The molecule has 1 aliphatic rings. The zero-order chi connectivity index (χ0) is 20.0. The molecule has 3 heterocycles. The number of nitrogens with zero attached hydrogens (tertiary/aromatic N) is 5. The summed E-state index contributed by atoms with van der Waals surface area (Å²) in [6, 6.07) is 8.20. The number of thiol groups is 1. The van der Waals surface area contributed by atoms with E-state index in [-0.39, 0.29) is 17.3 Å². The van der Waals surface area contributed by atoms with Gasteiger partial charge in [0.1, 0.15) is 11.1 Å². The smallest absolute Gasteiger partial charge is 0.247 e. The number of rotatable bonds is 6. The van der Waals surface area contributed by atoms with Crippen LogP contribution in [0.1, 0.15) is 29.8 Å². The van der Waals surface area contributed by atoms with Gasteiger partial charge in [0, 0.05) is 11.6 Å². The molecule has 1 unspecified atom stereocenters. The monoisotopic (exact) mass is 447 g/mol. The summed E-state index contributed by atoms with van der Waals surface area (Å²) < 4.78 is 21.6. The molecule has 0 amide bonds. The predicted molar refractivity (Wildman–Crippen MR) is 112 cm³/mol. The SMILES string of the molecule is Fc1ccc(Cl)cc1-c1noc(C(S)c2nnc(-c3cccs3)n2CC2CC2)n1. The average molecular weight is 448 g/mol. The molecule has 1 aromatic carbocycles. The summed E-state index contributed by atoms with van der Waals surface area (Å²) >= 11 is 12.2. The number of hydrogen-bond donors (Lipinski definition) is 1. The zero-order valence-electron chi connectivity index (χ0n) is 15.0. The molecule has 0 bridgehead atoms. The van der Waals surface area contributed by atoms with Crippen LogP contribution >= 0.6 is 35.6 Å². The lowest BCUT2D eigenvalue weighted by atomic mass is 10.2. The third-order valence-electron chi connectivity index (χ3n) is 4.75. The first-order valence-corrected chi connectivity index (χ1v) is 10.8. The molecule has 0 aliphatic heterocycles. The Morgan fingerprint density at radius 2 is 2.17 bits per heavy atom. The van der Waals surface area contributed by atoms with Gasteiger partial charge in [-0.1, -0.05) is 22.8 Å². The highest BCUT2D eigenvalue weighted by atomic mass is 35.5. The summed E-state index contributed by atoms with van der Waals surface area (Å²) in [6.45, 7) is 0.816. The number of thiophene rings is 1. The Balaban J connectivity index is 1.50. The van der Waals surface area contributed by atoms with Crippen LogP contribution in [0.2, 0.25) is 5.02 Å². The summed E-state index contributed by atoms with van der Waals surface area (Å²) in [6.07, 6.45) is 2.38. The molecule has 6 nitrogen and oxygen atoms in total. The molecular weight excluding hydrogens is 433 g/mol. The van der Waals surface area contributed by atoms with Crippen LogP contribution in [-0.4, -0.2) is 24.9 Å². The third-order valence-corrected chi connectivity index (χ3v) is 6.30. The Kier molecular flexibility index (Phi) is 4.89. The van der Waals surface area contributed by atoms with Crippen molar-refractivity contribution < 1.29 is 8.91 Å². The maximum atomic E-state index is 14.1. The number of hydrogen-bond acceptors (Lipinski definition) is 7. The molecule has 1 fully saturated rings. The van der Waals surface area contributed by atoms with Gasteiger partial charge in [0.2, 0.25) is 11.7 Å². The molecule has 0 N–H and O–H groups in total. The van der Waals surface area contributed by atoms with Gasteiger partial charge in [-0.15, -0.1) is 21.5 Å². The molecule has 1 atom stereocenters. The van der Waals surface area contributed by atoms with E-state index in [0.29, 0.717) is 16.8 Å². The lowest BCUT2D eigenvalue weighted by Crippen LogP contribution is -2.10. The predicted octanol–water partition coefficient (Wildman–Crippen LogP) is 5.28. The van der Waals surface area contributed by atoms with Crippen molar-refractivity contribution in [2.75, 3.05) is 0 Å². The maximum Gasteiger partial charge on any atom is 0.247 e. The Morgan fingerprint density at radius 1 is 1.31 bits per heavy atom. The van der Waals surface area contributed by atoms with Crippen LogP contribution in [0, 0.1) is 11.7 Å². The van der Waals surface area contributed by atoms with Crippen molar-refractivity contribution in [3.8, 4) is 22.1 Å². The van der Waals surface area contributed by atoms with E-state index >= 15 is 0 Å². The van der Waals surface area contributed by atoms with Gasteiger partial charge in [-0.05, 0) is 48.4 Å². The highest BCUT2D eigenvalue weighted by Crippen LogP contribution is 2.37. The molecule has 148 valence electrons. The van der Waals surface area contributed by atoms with E-state index in [4.69, 9.17) is 16.1 Å². The summed E-state index contributed by atoms with van der Waals surface area (Å²) in [5.41, 5.74) is 0.173. The molecular formula is C19H15ClFN5OS2. The van der Waals surface area contributed by atoms with Crippen LogP contribution in [0.3, 0.4) is 0 Å². The fourth-order valence-corrected chi connectivity index (χ4v) is 4.26. The minimum Gasteiger partial charge on any atom is -0.337 e. The molecule has 0 radical (unpaired) electrons. The second-order valence-electron chi connectivity index (χ2n) is 6.90. The second-order valence-corrected chi connectivity index (χ2v) is 8.80. The summed E-state index contributed by atoms with van der Waals surface area (Å²) in [5.74, 6) is 1.92. The first-order chi connectivity index (χ1) is 14.1. The first kappa shape index (κ1) is 18.8. The first-order valence-electron chi connectivity index (χ1n) is 9.04. The minimum atomic E-state index is -0.585. The van der Waals surface area contributed by atoms with E-state index in [1.807, 2.05) is 17.5 Å². The highest BCUT2D eigenvalue weighted by Gasteiger charge is 2.30. The molecule has 3 aromatic heterocycles. The molecule has 5 rings (SSSR count). The van der Waals surface area contributed by atoms with Crippen molar-refractivity contribution in [2.45, 2.75) is 24.6 Å². The standard InChI is InChI=1S/C19H15ClFN5OS2/c20-11-5-6-13(21)12(8-11)16-22-19(27-25-16)15(28)18-24-23-17(14-2-1-7-29-14)26(18)9-10-3-4-10/h1-2,5-8,10,15,28H,3-4,9H2. The van der Waals surface area contributed by atoms with E-state index in [1.165, 1.54) is 31.0 Å². The fraction of sp³-hybridized carbons (Fsp3) is 0.263. The Hall–Kier alpha value is -2.23. The third kappa shape index (κ3) is 3.70. The van der Waals surface area contributed by atoms with Crippen LogP contribution in [0.15, 0.2) is 40.2 Å². The molecule has 1 saturated carbocycles. The van der Waals surface area contributed by atoms with E-state index < -0.39 is 11.1 Å². The van der Waals surface area contributed by atoms with Gasteiger partial charge in [0.05, 0.1) is 10.4 Å². The topological polar surface area (TPSA) is 69.6 Å². The van der Waals surface area contributed by atoms with Gasteiger partial charge in [-0.3, -0.25) is 0 Å². The van der Waals surface area contributed by atoms with Gasteiger partial charge in [-0.2, -0.15) is 17.6 Å². The molecule has 1 aliphatic carbocycles. The van der Waals surface area contributed by atoms with Crippen molar-refractivity contribution in [3.05, 3.63) is 58.3 Å². The summed E-state index contributed by atoms with van der Waals surface area (Å²) in [7, 11) is 0. The van der Waals surface area contributed by atoms with E-state index in [0.717, 1.165) is 17.2 Å². The zero-order valence-corrected chi connectivity index (χ0v) is 17.5. The largest absolute Gasteiger partial charge is 0.337 e. The minimum absolute atomic E-state index is 0.116. The molecule has 0 spiro atoms. The summed E-state index contributed by atoms with van der Waals surface area (Å²) in [5, 5.41) is 14.5. The van der Waals surface area contributed by atoms with E-state index in [1.54, 1.807) is 11.3 Å². The van der Waals surface area contributed by atoms with Crippen molar-refractivity contribution in [1.29, 1.82) is 0 Å². The van der Waals surface area contributed by atoms with Crippen LogP contribution in [0.4, 0.5) is 4.39 Å². The normalized spacial score (nSPS) is 15.0. The molecule has 4 aromatic rings.